The lowest BCUT2D eigenvalue weighted by molar-refractivity contribution is -0.145. The highest BCUT2D eigenvalue weighted by molar-refractivity contribution is 9.10. The van der Waals surface area contributed by atoms with Gasteiger partial charge in [-0.05, 0) is 35.0 Å². The Hall–Kier alpha value is -2.17. The number of hydrazone groups is 1. The van der Waals surface area contributed by atoms with Gasteiger partial charge in [-0.1, -0.05) is 0 Å². The van der Waals surface area contributed by atoms with Crippen LogP contribution >= 0.6 is 15.9 Å². The van der Waals surface area contributed by atoms with E-state index in [1.807, 2.05) is 4.90 Å². The second kappa shape index (κ2) is 11.6. The summed E-state index contributed by atoms with van der Waals surface area (Å²) in [4.78, 5) is 25.4. The van der Waals surface area contributed by atoms with Crippen LogP contribution in [-0.4, -0.2) is 76.2 Å². The average molecular weight is 458 g/mol. The fraction of sp³-hybridized carbons (Fsp3) is 0.500. The molecule has 0 atom stereocenters. The normalized spacial score (nSPS) is 14.7. The van der Waals surface area contributed by atoms with E-state index in [0.717, 1.165) is 13.1 Å². The number of amides is 1. The van der Waals surface area contributed by atoms with Crippen LogP contribution in [-0.2, 0) is 19.1 Å². The van der Waals surface area contributed by atoms with Gasteiger partial charge in [0.2, 0.25) is 0 Å². The van der Waals surface area contributed by atoms with Gasteiger partial charge in [0.25, 0.3) is 5.91 Å². The van der Waals surface area contributed by atoms with Crippen LogP contribution in [0.1, 0.15) is 12.5 Å². The van der Waals surface area contributed by atoms with Crippen LogP contribution in [0.3, 0.4) is 0 Å². The molecule has 0 bridgehead atoms. The summed E-state index contributed by atoms with van der Waals surface area (Å²) >= 11 is 3.42. The molecule has 1 aliphatic heterocycles. The lowest BCUT2D eigenvalue weighted by atomic mass is 10.2. The van der Waals surface area contributed by atoms with E-state index in [1.54, 1.807) is 19.1 Å². The average Bonchev–Trinajstić information content (AvgIpc) is 2.68. The van der Waals surface area contributed by atoms with Crippen LogP contribution in [0.15, 0.2) is 21.7 Å². The van der Waals surface area contributed by atoms with Crippen LogP contribution in [0.2, 0.25) is 0 Å². The number of halogens is 1. The third-order valence-electron chi connectivity index (χ3n) is 3.80. The number of hydrogen-bond donors (Lipinski definition) is 1. The molecule has 1 heterocycles. The number of hydrogen-bond acceptors (Lipinski definition) is 8. The number of nitrogens with one attached hydrogen (secondary N) is 1. The van der Waals surface area contributed by atoms with Crippen molar-refractivity contribution in [2.75, 3.05) is 53.2 Å². The molecule has 1 aromatic rings. The molecule has 154 valence electrons. The molecule has 9 nitrogen and oxygen atoms in total. The lowest BCUT2D eigenvalue weighted by Gasteiger charge is -2.25. The summed E-state index contributed by atoms with van der Waals surface area (Å²) in [5, 5.41) is 3.99. The van der Waals surface area contributed by atoms with Crippen molar-refractivity contribution in [3.8, 4) is 11.5 Å². The highest BCUT2D eigenvalue weighted by atomic mass is 79.9. The maximum absolute atomic E-state index is 12.0. The number of morpholine rings is 1. The van der Waals surface area contributed by atoms with E-state index in [2.05, 4.69) is 26.5 Å². The minimum Gasteiger partial charge on any atom is -0.493 e. The first kappa shape index (κ1) is 22.1. The second-order valence-corrected chi connectivity index (χ2v) is 6.65. The van der Waals surface area contributed by atoms with Gasteiger partial charge in [-0.25, -0.2) is 10.2 Å². The Morgan fingerprint density at radius 2 is 2.07 bits per heavy atom. The molecule has 2 rings (SSSR count). The quantitative estimate of drug-likeness (QED) is 0.337. The SMILES string of the molecule is CCOC(=O)COc1cc(Br)c(/C=N\NC(=O)CN2CCOCC2)cc1OC. The van der Waals surface area contributed by atoms with Gasteiger partial charge in [0.15, 0.2) is 18.1 Å². The predicted molar refractivity (Wildman–Crippen MR) is 106 cm³/mol. The third kappa shape index (κ3) is 7.10. The van der Waals surface area contributed by atoms with Crippen LogP contribution in [0, 0.1) is 0 Å². The molecule has 0 radical (unpaired) electrons. The van der Waals surface area contributed by atoms with Crippen LogP contribution in [0.4, 0.5) is 0 Å². The molecule has 0 aliphatic carbocycles. The summed E-state index contributed by atoms with van der Waals surface area (Å²) in [6, 6.07) is 3.34. The molecule has 0 saturated carbocycles. The summed E-state index contributed by atoms with van der Waals surface area (Å²) < 4.78 is 21.5. The maximum atomic E-state index is 12.0. The molecule has 1 amide bonds. The van der Waals surface area contributed by atoms with Gasteiger partial charge in [0, 0.05) is 23.1 Å². The van der Waals surface area contributed by atoms with Gasteiger partial charge in [-0.2, -0.15) is 5.10 Å². The molecule has 0 aromatic heterocycles. The van der Waals surface area contributed by atoms with Crippen molar-refractivity contribution in [1.29, 1.82) is 0 Å². The largest absolute Gasteiger partial charge is 0.493 e. The summed E-state index contributed by atoms with van der Waals surface area (Å²) in [5.74, 6) is 0.148. The topological polar surface area (TPSA) is 98.7 Å². The minimum atomic E-state index is -0.464. The molecule has 28 heavy (non-hydrogen) atoms. The van der Waals surface area contributed by atoms with Crippen molar-refractivity contribution < 1.29 is 28.5 Å². The first-order valence-corrected chi connectivity index (χ1v) is 9.60. The highest BCUT2D eigenvalue weighted by Crippen LogP contribution is 2.32. The van der Waals surface area contributed by atoms with E-state index in [4.69, 9.17) is 18.9 Å². The van der Waals surface area contributed by atoms with Gasteiger partial charge in [0.1, 0.15) is 0 Å². The van der Waals surface area contributed by atoms with Crippen LogP contribution in [0.25, 0.3) is 0 Å². The summed E-state index contributed by atoms with van der Waals surface area (Å²) in [7, 11) is 1.49. The van der Waals surface area contributed by atoms with Crippen molar-refractivity contribution in [3.63, 3.8) is 0 Å². The number of carbonyl (C=O) groups is 2. The Labute approximate surface area is 172 Å². The van der Waals surface area contributed by atoms with Crippen molar-refractivity contribution in [1.82, 2.24) is 10.3 Å². The zero-order valence-electron chi connectivity index (χ0n) is 15.9. The van der Waals surface area contributed by atoms with Gasteiger partial charge < -0.3 is 18.9 Å². The first-order valence-electron chi connectivity index (χ1n) is 8.81. The van der Waals surface area contributed by atoms with Gasteiger partial charge >= 0.3 is 5.97 Å². The number of rotatable bonds is 9. The molecular formula is C18H24BrN3O6. The number of benzene rings is 1. The molecule has 1 saturated heterocycles. The number of ether oxygens (including phenoxy) is 4. The van der Waals surface area contributed by atoms with E-state index in [-0.39, 0.29) is 25.7 Å². The lowest BCUT2D eigenvalue weighted by Crippen LogP contribution is -2.42. The van der Waals surface area contributed by atoms with Crippen molar-refractivity contribution in [2.45, 2.75) is 6.92 Å². The summed E-state index contributed by atoms with van der Waals surface area (Å²) in [6.45, 7) is 4.79. The minimum absolute atomic E-state index is 0.198. The number of methoxy groups -OCH3 is 1. The van der Waals surface area contributed by atoms with E-state index in [0.29, 0.717) is 34.7 Å². The number of esters is 1. The van der Waals surface area contributed by atoms with Crippen LogP contribution in [0.5, 0.6) is 11.5 Å². The van der Waals surface area contributed by atoms with E-state index >= 15 is 0 Å². The molecule has 0 unspecified atom stereocenters. The van der Waals surface area contributed by atoms with Gasteiger partial charge in [-0.15, -0.1) is 0 Å². The van der Waals surface area contributed by atoms with E-state index in [1.165, 1.54) is 13.3 Å². The maximum Gasteiger partial charge on any atom is 0.344 e. The van der Waals surface area contributed by atoms with Crippen molar-refractivity contribution in [3.05, 3.63) is 22.2 Å². The number of carbonyl (C=O) groups excluding carboxylic acids is 2. The fourth-order valence-corrected chi connectivity index (χ4v) is 2.86. The predicted octanol–water partition coefficient (Wildman–Crippen LogP) is 1.18. The Bertz CT molecular complexity index is 707. The van der Waals surface area contributed by atoms with Gasteiger partial charge in [-0.3, -0.25) is 9.69 Å². The summed E-state index contributed by atoms with van der Waals surface area (Å²) in [5.41, 5.74) is 3.18. The van der Waals surface area contributed by atoms with Gasteiger partial charge in [0.05, 0.1) is 39.7 Å². The Balaban J connectivity index is 1.94. The first-order chi connectivity index (χ1) is 13.5. The van der Waals surface area contributed by atoms with Crippen molar-refractivity contribution >= 4 is 34.0 Å². The second-order valence-electron chi connectivity index (χ2n) is 5.80. The molecule has 10 heteroatoms. The third-order valence-corrected chi connectivity index (χ3v) is 4.48. The smallest absolute Gasteiger partial charge is 0.344 e. The molecule has 1 aromatic carbocycles. The Kier molecular flexibility index (Phi) is 9.18. The Morgan fingerprint density at radius 3 is 2.75 bits per heavy atom. The molecule has 0 spiro atoms. The van der Waals surface area contributed by atoms with Crippen molar-refractivity contribution in [2.24, 2.45) is 5.10 Å². The zero-order chi connectivity index (χ0) is 20.4. The molecule has 1 fully saturated rings. The fourth-order valence-electron chi connectivity index (χ4n) is 2.43. The zero-order valence-corrected chi connectivity index (χ0v) is 17.5. The molecule has 1 N–H and O–H groups in total. The van der Waals surface area contributed by atoms with Crippen LogP contribution < -0.4 is 14.9 Å². The van der Waals surface area contributed by atoms with E-state index in [9.17, 15) is 9.59 Å². The summed E-state index contributed by atoms with van der Waals surface area (Å²) in [6.07, 6.45) is 1.50. The standard InChI is InChI=1S/C18H24BrN3O6/c1-3-27-18(24)12-28-16-9-14(19)13(8-15(16)25-2)10-20-21-17(23)11-22-4-6-26-7-5-22/h8-10H,3-7,11-12H2,1-2H3,(H,21,23)/b20-10-. The Morgan fingerprint density at radius 1 is 1.32 bits per heavy atom. The highest BCUT2D eigenvalue weighted by Gasteiger charge is 2.14. The molecule has 1 aliphatic rings. The monoisotopic (exact) mass is 457 g/mol. The van der Waals surface area contributed by atoms with E-state index < -0.39 is 5.97 Å². The molecular weight excluding hydrogens is 434 g/mol. The number of nitrogens with zero attached hydrogens (tertiary/aromatic N) is 2.